The van der Waals surface area contributed by atoms with Crippen molar-refractivity contribution in [3.63, 3.8) is 0 Å². The molecule has 1 saturated carbocycles. The van der Waals surface area contributed by atoms with Gasteiger partial charge in [-0.2, -0.15) is 0 Å². The summed E-state index contributed by atoms with van der Waals surface area (Å²) in [4.78, 5) is 40.9. The number of aromatic nitrogens is 2. The van der Waals surface area contributed by atoms with Gasteiger partial charge in [-0.1, -0.05) is 47.8 Å². The van der Waals surface area contributed by atoms with Gasteiger partial charge in [-0.05, 0) is 32.8 Å². The first kappa shape index (κ1) is 27.1. The summed E-state index contributed by atoms with van der Waals surface area (Å²) in [6.45, 7) is 3.21. The number of hydrogen-bond donors (Lipinski definition) is 3. The molecule has 3 aromatic rings. The molecule has 4 rings (SSSR count). The standard InChI is InChI=1S/C26H26ClFN4O6/c1-13-21(31-26(36)37-14(2)16-7-5-6-10-19(16)27)23(38-32-13)22-20(28)11-15(12-29-22)30-24(33)17-8-3-4-9-18(17)25(34)35/h5-7,10-12,14,17-18H,3-4,8-9H2,1-2H3,(H,30,33)(H,31,36)(H,34,35)/t14-,17+,18+/m1/s1. The van der Waals surface area contributed by atoms with Crippen molar-refractivity contribution in [2.24, 2.45) is 11.8 Å². The summed E-state index contributed by atoms with van der Waals surface area (Å²) in [6.07, 6.45) is 2.05. The van der Waals surface area contributed by atoms with E-state index in [1.165, 1.54) is 6.20 Å². The molecule has 0 unspecified atom stereocenters. The highest BCUT2D eigenvalue weighted by atomic mass is 35.5. The molecular formula is C26H26ClFN4O6. The zero-order chi connectivity index (χ0) is 27.4. The van der Waals surface area contributed by atoms with Crippen LogP contribution in [0.25, 0.3) is 11.5 Å². The monoisotopic (exact) mass is 544 g/mol. The number of pyridine rings is 1. The van der Waals surface area contributed by atoms with Crippen molar-refractivity contribution in [3.8, 4) is 11.5 Å². The van der Waals surface area contributed by atoms with Gasteiger partial charge in [0, 0.05) is 16.7 Å². The zero-order valence-corrected chi connectivity index (χ0v) is 21.4. The largest absolute Gasteiger partial charge is 0.481 e. The van der Waals surface area contributed by atoms with Crippen LogP contribution in [-0.4, -0.2) is 33.2 Å². The second-order valence-electron chi connectivity index (χ2n) is 9.05. The third-order valence-electron chi connectivity index (χ3n) is 6.46. The summed E-state index contributed by atoms with van der Waals surface area (Å²) >= 11 is 6.16. The van der Waals surface area contributed by atoms with E-state index in [0.29, 0.717) is 23.4 Å². The third-order valence-corrected chi connectivity index (χ3v) is 6.80. The normalized spacial score (nSPS) is 17.9. The van der Waals surface area contributed by atoms with Gasteiger partial charge in [0.25, 0.3) is 0 Å². The zero-order valence-electron chi connectivity index (χ0n) is 20.7. The number of carboxylic acid groups (broad SMARTS) is 1. The number of rotatable bonds is 7. The Morgan fingerprint density at radius 1 is 1.18 bits per heavy atom. The molecule has 200 valence electrons. The van der Waals surface area contributed by atoms with Crippen molar-refractivity contribution in [2.75, 3.05) is 10.6 Å². The maximum absolute atomic E-state index is 15.1. The average Bonchev–Trinajstić information content (AvgIpc) is 3.23. The van der Waals surface area contributed by atoms with Gasteiger partial charge in [0.05, 0.1) is 23.7 Å². The van der Waals surface area contributed by atoms with E-state index in [9.17, 15) is 19.5 Å². The van der Waals surface area contributed by atoms with Crippen LogP contribution < -0.4 is 10.6 Å². The number of halogens is 2. The predicted octanol–water partition coefficient (Wildman–Crippen LogP) is 5.98. The molecule has 10 nitrogen and oxygen atoms in total. The Morgan fingerprint density at radius 2 is 1.89 bits per heavy atom. The van der Waals surface area contributed by atoms with Crippen molar-refractivity contribution in [1.29, 1.82) is 0 Å². The van der Waals surface area contributed by atoms with Crippen LogP contribution in [0.4, 0.5) is 20.6 Å². The van der Waals surface area contributed by atoms with Crippen molar-refractivity contribution >= 4 is 40.9 Å². The molecule has 3 atom stereocenters. The molecule has 3 N–H and O–H groups in total. The number of carboxylic acids is 1. The van der Waals surface area contributed by atoms with Crippen LogP contribution in [0.5, 0.6) is 0 Å². The highest BCUT2D eigenvalue weighted by Gasteiger charge is 2.36. The summed E-state index contributed by atoms with van der Waals surface area (Å²) in [7, 11) is 0. The first-order valence-electron chi connectivity index (χ1n) is 12.0. The van der Waals surface area contributed by atoms with Gasteiger partial charge in [0.1, 0.15) is 23.2 Å². The molecule has 1 aliphatic rings. The molecule has 2 heterocycles. The Hall–Kier alpha value is -3.99. The SMILES string of the molecule is Cc1noc(-c2ncc(NC(=O)[C@H]3CCCC[C@@H]3C(=O)O)cc2F)c1NC(=O)O[C@H](C)c1ccccc1Cl. The lowest BCUT2D eigenvalue weighted by molar-refractivity contribution is -0.147. The molecule has 2 amide bonds. The van der Waals surface area contributed by atoms with Gasteiger partial charge in [0.2, 0.25) is 11.7 Å². The van der Waals surface area contributed by atoms with E-state index in [-0.39, 0.29) is 28.5 Å². The van der Waals surface area contributed by atoms with Gasteiger partial charge < -0.3 is 19.7 Å². The number of nitrogens with one attached hydrogen (secondary N) is 2. The topological polar surface area (TPSA) is 144 Å². The van der Waals surface area contributed by atoms with Crippen molar-refractivity contribution < 1.29 is 33.1 Å². The van der Waals surface area contributed by atoms with Gasteiger partial charge >= 0.3 is 12.1 Å². The highest BCUT2D eigenvalue weighted by Crippen LogP contribution is 2.34. The van der Waals surface area contributed by atoms with Crippen LogP contribution in [0.2, 0.25) is 5.02 Å². The van der Waals surface area contributed by atoms with Gasteiger partial charge in [-0.3, -0.25) is 14.9 Å². The lowest BCUT2D eigenvalue weighted by atomic mass is 9.78. The van der Waals surface area contributed by atoms with Crippen LogP contribution in [0.3, 0.4) is 0 Å². The molecule has 0 aliphatic heterocycles. The summed E-state index contributed by atoms with van der Waals surface area (Å²) in [6, 6.07) is 7.97. The lowest BCUT2D eigenvalue weighted by Crippen LogP contribution is -2.36. The van der Waals surface area contributed by atoms with Crippen LogP contribution in [0, 0.1) is 24.6 Å². The van der Waals surface area contributed by atoms with Crippen LogP contribution in [0.15, 0.2) is 41.1 Å². The van der Waals surface area contributed by atoms with Crippen LogP contribution >= 0.6 is 11.6 Å². The number of carbonyl (C=O) groups is 3. The van der Waals surface area contributed by atoms with Gasteiger partial charge in [-0.25, -0.2) is 14.2 Å². The number of anilines is 2. The summed E-state index contributed by atoms with van der Waals surface area (Å²) in [5.74, 6) is -4.01. The van der Waals surface area contributed by atoms with E-state index in [0.717, 1.165) is 18.9 Å². The first-order chi connectivity index (χ1) is 18.2. The van der Waals surface area contributed by atoms with E-state index in [1.807, 2.05) is 0 Å². The number of carbonyl (C=O) groups excluding carboxylic acids is 2. The molecule has 1 aliphatic carbocycles. The molecule has 1 fully saturated rings. The number of ether oxygens (including phenoxy) is 1. The Labute approximate surface area is 222 Å². The van der Waals surface area contributed by atoms with E-state index >= 15 is 4.39 Å². The minimum atomic E-state index is -1.02. The third kappa shape index (κ3) is 5.94. The fraction of sp³-hybridized carbons (Fsp3) is 0.346. The highest BCUT2D eigenvalue weighted by molar-refractivity contribution is 6.31. The molecule has 12 heteroatoms. The average molecular weight is 545 g/mol. The van der Waals surface area contributed by atoms with Crippen LogP contribution in [0.1, 0.15) is 50.0 Å². The molecule has 0 spiro atoms. The Kier molecular flexibility index (Phi) is 8.26. The molecule has 0 bridgehead atoms. The number of benzene rings is 1. The molecule has 1 aromatic carbocycles. The van der Waals surface area contributed by atoms with E-state index in [2.05, 4.69) is 20.8 Å². The fourth-order valence-corrected chi connectivity index (χ4v) is 4.78. The quantitative estimate of drug-likeness (QED) is 0.329. The Balaban J connectivity index is 1.48. The molecule has 38 heavy (non-hydrogen) atoms. The van der Waals surface area contributed by atoms with Crippen LogP contribution in [-0.2, 0) is 14.3 Å². The maximum atomic E-state index is 15.1. The first-order valence-corrected chi connectivity index (χ1v) is 12.4. The van der Waals surface area contributed by atoms with Crippen molar-refractivity contribution in [1.82, 2.24) is 10.1 Å². The predicted molar refractivity (Wildman–Crippen MR) is 136 cm³/mol. The molecular weight excluding hydrogens is 519 g/mol. The smallest absolute Gasteiger partial charge is 0.412 e. The van der Waals surface area contributed by atoms with E-state index in [1.54, 1.807) is 38.1 Å². The van der Waals surface area contributed by atoms with E-state index in [4.69, 9.17) is 20.9 Å². The second-order valence-corrected chi connectivity index (χ2v) is 9.45. The Morgan fingerprint density at radius 3 is 2.58 bits per heavy atom. The second kappa shape index (κ2) is 11.6. The van der Waals surface area contributed by atoms with Gasteiger partial charge in [-0.15, -0.1) is 0 Å². The van der Waals surface area contributed by atoms with Crippen molar-refractivity contribution in [3.05, 3.63) is 58.6 Å². The summed E-state index contributed by atoms with van der Waals surface area (Å²) in [5.41, 5.74) is 0.748. The minimum absolute atomic E-state index is 0.0599. The Bertz CT molecular complexity index is 1360. The lowest BCUT2D eigenvalue weighted by Gasteiger charge is -2.27. The number of hydrogen-bond acceptors (Lipinski definition) is 7. The molecule has 2 aromatic heterocycles. The molecule has 0 saturated heterocycles. The number of amides is 2. The minimum Gasteiger partial charge on any atom is -0.481 e. The number of aliphatic carboxylic acids is 1. The molecule has 0 radical (unpaired) electrons. The van der Waals surface area contributed by atoms with Gasteiger partial charge in [0.15, 0.2) is 5.82 Å². The maximum Gasteiger partial charge on any atom is 0.412 e. The fourth-order valence-electron chi connectivity index (χ4n) is 4.49. The van der Waals surface area contributed by atoms with E-state index < -0.39 is 41.7 Å². The van der Waals surface area contributed by atoms with Crippen molar-refractivity contribution in [2.45, 2.75) is 45.6 Å². The summed E-state index contributed by atoms with van der Waals surface area (Å²) < 4.78 is 25.7. The summed E-state index contributed by atoms with van der Waals surface area (Å²) in [5, 5.41) is 18.7. The number of nitrogens with zero attached hydrogens (tertiary/aromatic N) is 2. The number of aryl methyl sites for hydroxylation is 1.